The van der Waals surface area contributed by atoms with Crippen molar-refractivity contribution in [3.8, 4) is 0 Å². The highest BCUT2D eigenvalue weighted by atomic mass is 35.5. The normalized spacial score (nSPS) is 13.8. The Morgan fingerprint density at radius 3 is 1.03 bits per heavy atom. The number of rotatable bonds is 19. The van der Waals surface area contributed by atoms with Gasteiger partial charge in [0.05, 0.1) is 155 Å². The lowest BCUT2D eigenvalue weighted by Crippen LogP contribution is -2.35. The van der Waals surface area contributed by atoms with Gasteiger partial charge in [0, 0.05) is 62.2 Å². The maximum atomic E-state index is 13.6. The summed E-state index contributed by atoms with van der Waals surface area (Å²) < 4.78 is 207. The van der Waals surface area contributed by atoms with Crippen LogP contribution in [0.15, 0.2) is 233 Å². The molecule has 32 nitrogen and oxygen atoms in total. The molecule has 8 amide bonds. The standard InChI is InChI=1S/C25H24ClN3O5S.C23H21ClN4O4S.C21H12Cl2F3N3O5S.C21H12ClF4N3O5S/c1-15-5-6-16(14-29(15)32)13-28-23(30)21-19(26)11-12-20(22(21)24(28)31)27-35(33,34)18-9-7-17(8-10-18)25(2,3)4;1-13-11-25-12-18(26-13)28-21(29)19-16(24)9-10-17(20(19)22(28)30)27-33(31,32)15-7-5-14(6-8-15)23(2,3)4;22-14-4-3-12(8-13(14)21(24,25)26)35(33,34)27-16-6-5-15(23)17-18(16)20(31)29(19(17)30)10-11-2-1-7-28(32)9-11;22-14-4-6-16(27-35(33,34)12-3-5-15(23)13(8-12)21(24,25)26)18-17(14)19(30)29(20(18)31)10-11-2-1-7-28(32)9-11/h5-12,14H,13H2,1-4H3,(H-,27,31,32);5-12,27H,1-4H3;2*1-9H,10H2,(H-,27,31,32)/p+3. The first-order valence-electron chi connectivity index (χ1n) is 40.0. The largest absolute Gasteiger partial charge is 0.419 e. The monoisotopic (exact) mass is 2070 g/mol. The third-order valence-corrected chi connectivity index (χ3v) is 28.3. The van der Waals surface area contributed by atoms with Crippen LogP contribution in [-0.2, 0) is 82.9 Å². The van der Waals surface area contributed by atoms with Gasteiger partial charge in [0.15, 0.2) is 5.82 Å². The maximum Gasteiger partial charge on any atom is 0.419 e. The van der Waals surface area contributed by atoms with Crippen molar-refractivity contribution in [3.63, 3.8) is 0 Å². The molecule has 0 fully saturated rings. The van der Waals surface area contributed by atoms with E-state index in [1.165, 1.54) is 116 Å². The van der Waals surface area contributed by atoms with Gasteiger partial charge >= 0.3 is 12.4 Å². The molecule has 0 radical (unpaired) electrons. The summed E-state index contributed by atoms with van der Waals surface area (Å²) in [6.07, 6.45) is -0.782. The Kier molecular flexibility index (Phi) is 28.2. The molecule has 8 aromatic carbocycles. The Morgan fingerprint density at radius 2 is 0.681 bits per heavy atom. The molecule has 16 rings (SSSR count). The van der Waals surface area contributed by atoms with E-state index in [0.29, 0.717) is 51.0 Å². The van der Waals surface area contributed by atoms with Gasteiger partial charge in [-0.05, 0) is 156 Å². The molecule has 4 aliphatic heterocycles. The third kappa shape index (κ3) is 21.2. The smallest absolute Gasteiger partial charge is 0.285 e. The molecule has 0 saturated heterocycles. The SMILES string of the molecule is Cc1ccc(CN2C(=O)c3c(Cl)ccc(NS(=O)(=O)c4ccc(C(C)(C)C)cc4)c3C2=O)c[n+]1O.Cc1cncc(N2C(=O)c3c(Cl)ccc(NS(=O)(=O)c4ccc(C(C)(C)C)cc4)c3C2=O)n1.O=C1c2c(Cl)ccc(NS(=O)(=O)c3ccc(Cl)c(C(F)(F)F)c3)c2C(=O)N1Cc1ccc[n+](O)c1.O=C1c2c(Cl)ccc(NS(=O)(=O)c3ccc(F)c(C(F)(F)F)c3)c2C(=O)N1Cc1ccc[n+](O)c1. The number of anilines is 5. The summed E-state index contributed by atoms with van der Waals surface area (Å²) in [6, 6.07) is 35.4. The second-order valence-electron chi connectivity index (χ2n) is 32.9. The maximum absolute atomic E-state index is 13.6. The molecule has 0 aliphatic carbocycles. The molecular formula is C90H72Cl5F7N13O19S4+3. The van der Waals surface area contributed by atoms with Crippen LogP contribution in [0.1, 0.15) is 175 Å². The Morgan fingerprint density at radius 1 is 0.370 bits per heavy atom. The van der Waals surface area contributed by atoms with Crippen LogP contribution in [0.4, 0.5) is 59.3 Å². The number of aromatic nitrogens is 5. The van der Waals surface area contributed by atoms with E-state index >= 15 is 0 Å². The molecule has 4 aromatic heterocycles. The van der Waals surface area contributed by atoms with Crippen molar-refractivity contribution >= 4 is 174 Å². The highest BCUT2D eigenvalue weighted by Crippen LogP contribution is 2.45. The van der Waals surface area contributed by atoms with Gasteiger partial charge in [-0.1, -0.05) is 124 Å². The predicted octanol–water partition coefficient (Wildman–Crippen LogP) is 16.2. The van der Waals surface area contributed by atoms with E-state index in [0.717, 1.165) is 70.5 Å². The summed E-state index contributed by atoms with van der Waals surface area (Å²) in [7, 11) is -17.5. The van der Waals surface area contributed by atoms with Crippen LogP contribution in [0.2, 0.25) is 25.1 Å². The van der Waals surface area contributed by atoms with Crippen molar-refractivity contribution in [1.82, 2.24) is 24.7 Å². The van der Waals surface area contributed by atoms with Crippen molar-refractivity contribution in [2.45, 2.75) is 118 Å². The highest BCUT2D eigenvalue weighted by molar-refractivity contribution is 7.93. The molecule has 7 N–H and O–H groups in total. The minimum absolute atomic E-state index is 0.0231. The van der Waals surface area contributed by atoms with Gasteiger partial charge in [-0.15, -0.1) is 0 Å². The Hall–Kier alpha value is -13.8. The number of amides is 8. The number of pyridine rings is 3. The summed E-state index contributed by atoms with van der Waals surface area (Å²) in [4.78, 5) is 114. The van der Waals surface area contributed by atoms with Crippen LogP contribution in [0.3, 0.4) is 0 Å². The van der Waals surface area contributed by atoms with E-state index < -0.39 is 143 Å². The third-order valence-electron chi connectivity index (χ3n) is 21.2. The summed E-state index contributed by atoms with van der Waals surface area (Å²) in [5, 5.41) is 28.1. The molecule has 12 aromatic rings. The average Bonchev–Trinajstić information content (AvgIpc) is 1.62. The van der Waals surface area contributed by atoms with E-state index in [4.69, 9.17) is 58.0 Å². The summed E-state index contributed by atoms with van der Waals surface area (Å²) in [5.41, 5.74) is -1.73. The number of imide groups is 4. The number of nitrogens with zero attached hydrogens (tertiary/aromatic N) is 9. The molecule has 0 saturated carbocycles. The average molecular weight is 2080 g/mol. The van der Waals surface area contributed by atoms with Gasteiger partial charge < -0.3 is 0 Å². The van der Waals surface area contributed by atoms with Crippen LogP contribution in [0, 0.1) is 19.7 Å². The number of aryl methyl sites for hydroxylation is 2. The number of hydrogen-bond donors (Lipinski definition) is 7. The first-order chi connectivity index (χ1) is 64.3. The minimum Gasteiger partial charge on any atom is -0.285 e. The number of carbonyl (C=O) groups excluding carboxylic acids is 8. The quantitative estimate of drug-likeness (QED) is 0.0171. The van der Waals surface area contributed by atoms with E-state index in [1.54, 1.807) is 56.3 Å². The number of fused-ring (bicyclic) bond motifs is 4. The van der Waals surface area contributed by atoms with E-state index in [9.17, 15) is 118 Å². The zero-order chi connectivity index (χ0) is 101. The highest BCUT2D eigenvalue weighted by Gasteiger charge is 2.47. The Balaban J connectivity index is 0.000000155. The number of carbonyl (C=O) groups is 8. The van der Waals surface area contributed by atoms with Crippen LogP contribution >= 0.6 is 58.0 Å². The van der Waals surface area contributed by atoms with Crippen LogP contribution in [-0.4, -0.2) is 121 Å². The van der Waals surface area contributed by atoms with Crippen molar-refractivity contribution in [2.24, 2.45) is 0 Å². The number of sulfonamides is 4. The summed E-state index contributed by atoms with van der Waals surface area (Å²) >= 11 is 30.2. The van der Waals surface area contributed by atoms with E-state index in [-0.39, 0.29) is 128 Å². The minimum atomic E-state index is -5.15. The molecule has 4 aliphatic rings. The van der Waals surface area contributed by atoms with Crippen molar-refractivity contribution in [3.05, 3.63) is 339 Å². The fourth-order valence-corrected chi connectivity index (χ4v) is 19.8. The Labute approximate surface area is 806 Å². The number of halogens is 12. The van der Waals surface area contributed by atoms with Crippen LogP contribution < -0.4 is 38.0 Å². The fraction of sp³-hybridized carbons (Fsp3) is 0.167. The zero-order valence-electron chi connectivity index (χ0n) is 72.4. The molecule has 0 atom stereocenters. The topological polar surface area (TPSA) is 432 Å². The van der Waals surface area contributed by atoms with Crippen LogP contribution in [0.25, 0.3) is 0 Å². The Bertz CT molecular complexity index is 7410. The van der Waals surface area contributed by atoms with Crippen molar-refractivity contribution in [2.75, 3.05) is 23.8 Å². The number of nitrogens with one attached hydrogen (secondary N) is 4. The van der Waals surface area contributed by atoms with E-state index in [2.05, 4.69) is 24.1 Å². The lowest BCUT2D eigenvalue weighted by molar-refractivity contribution is -0.909. The molecular weight excluding hydrogens is 2010 g/mol. The lowest BCUT2D eigenvalue weighted by Gasteiger charge is -2.19. The number of hydrogen-bond acceptors (Lipinski definition) is 21. The summed E-state index contributed by atoms with van der Waals surface area (Å²) in [5.74, 6) is -7.85. The second kappa shape index (κ2) is 38.3. The van der Waals surface area contributed by atoms with Gasteiger partial charge in [0.1, 0.15) is 5.82 Å². The van der Waals surface area contributed by atoms with Crippen LogP contribution in [0.5, 0.6) is 0 Å². The molecule has 8 heterocycles. The van der Waals surface area contributed by atoms with Gasteiger partial charge in [-0.25, -0.2) is 47.9 Å². The molecule has 138 heavy (non-hydrogen) atoms. The van der Waals surface area contributed by atoms with Gasteiger partial charge in [0.2, 0.25) is 36.7 Å². The molecule has 48 heteroatoms. The van der Waals surface area contributed by atoms with Gasteiger partial charge in [-0.2, -0.15) is 26.3 Å². The van der Waals surface area contributed by atoms with E-state index in [1.807, 2.05) is 46.3 Å². The van der Waals surface area contributed by atoms with Gasteiger partial charge in [-0.3, -0.25) is 92.6 Å². The number of benzene rings is 8. The van der Waals surface area contributed by atoms with Crippen molar-refractivity contribution in [1.29, 1.82) is 0 Å². The first-order valence-corrected chi connectivity index (χ1v) is 47.8. The molecule has 0 bridgehead atoms. The molecule has 0 unspecified atom stereocenters. The fourth-order valence-electron chi connectivity index (χ4n) is 14.3. The summed E-state index contributed by atoms with van der Waals surface area (Å²) in [6.45, 7) is 14.9. The predicted molar refractivity (Wildman–Crippen MR) is 484 cm³/mol. The molecule has 716 valence electrons. The second-order valence-corrected chi connectivity index (χ2v) is 41.7. The number of alkyl halides is 6. The lowest BCUT2D eigenvalue weighted by atomic mass is 9.87. The molecule has 0 spiro atoms. The first kappa shape index (κ1) is 102. The van der Waals surface area contributed by atoms with Gasteiger partial charge in [0.25, 0.3) is 87.4 Å². The van der Waals surface area contributed by atoms with Crippen molar-refractivity contribution < 1.29 is 133 Å². The zero-order valence-corrected chi connectivity index (χ0v) is 79.4.